The maximum Gasteiger partial charge on any atom is 0.0646 e. The van der Waals surface area contributed by atoms with E-state index >= 15 is 0 Å². The molecular weight excluding hydrogens is 262 g/mol. The summed E-state index contributed by atoms with van der Waals surface area (Å²) in [5.41, 5.74) is 10.7. The third kappa shape index (κ3) is 2.82. The van der Waals surface area contributed by atoms with Gasteiger partial charge in [0.25, 0.3) is 0 Å². The molecule has 1 aromatic heterocycles. The zero-order chi connectivity index (χ0) is 14.1. The van der Waals surface area contributed by atoms with Crippen LogP contribution in [-0.2, 0) is 19.3 Å². The van der Waals surface area contributed by atoms with Crippen LogP contribution >= 0.6 is 11.3 Å². The normalized spacial score (nSPS) is 15.6. The molecule has 0 radical (unpaired) electrons. The Hall–Kier alpha value is -1.12. The number of aryl methyl sites for hydroxylation is 2. The van der Waals surface area contributed by atoms with E-state index in [2.05, 4.69) is 44.2 Å². The highest BCUT2D eigenvalue weighted by Crippen LogP contribution is 2.35. The molecule has 1 heterocycles. The maximum absolute atomic E-state index is 6.49. The van der Waals surface area contributed by atoms with Crippen LogP contribution in [0.1, 0.15) is 52.8 Å². The lowest BCUT2D eigenvalue weighted by atomic mass is 9.98. The van der Waals surface area contributed by atoms with Gasteiger partial charge in [-0.05, 0) is 54.4 Å². The Morgan fingerprint density at radius 2 is 2.05 bits per heavy atom. The first-order chi connectivity index (χ1) is 9.63. The highest BCUT2D eigenvalue weighted by molar-refractivity contribution is 7.12. The van der Waals surface area contributed by atoms with Gasteiger partial charge in [-0.15, -0.1) is 11.3 Å². The van der Waals surface area contributed by atoms with E-state index < -0.39 is 0 Å². The fourth-order valence-electron chi connectivity index (χ4n) is 3.05. The predicted octanol–water partition coefficient (Wildman–Crippen LogP) is 4.48. The van der Waals surface area contributed by atoms with Gasteiger partial charge in [0.1, 0.15) is 0 Å². The Morgan fingerprint density at radius 3 is 2.80 bits per heavy atom. The summed E-state index contributed by atoms with van der Waals surface area (Å²) in [5.74, 6) is 0.687. The Balaban J connectivity index is 1.83. The number of hydrogen-bond acceptors (Lipinski definition) is 2. The Labute approximate surface area is 125 Å². The maximum atomic E-state index is 6.49. The Bertz CT molecular complexity index is 576. The van der Waals surface area contributed by atoms with Crippen LogP contribution in [0.2, 0.25) is 0 Å². The van der Waals surface area contributed by atoms with Gasteiger partial charge in [0, 0.05) is 9.75 Å². The van der Waals surface area contributed by atoms with E-state index in [0.29, 0.717) is 5.92 Å². The molecule has 0 bridgehead atoms. The van der Waals surface area contributed by atoms with Crippen LogP contribution in [0.25, 0.3) is 0 Å². The molecule has 2 heteroatoms. The van der Waals surface area contributed by atoms with E-state index in [9.17, 15) is 0 Å². The van der Waals surface area contributed by atoms with E-state index in [1.165, 1.54) is 35.3 Å². The summed E-state index contributed by atoms with van der Waals surface area (Å²) >= 11 is 1.92. The second kappa shape index (κ2) is 5.71. The third-order valence-corrected chi connectivity index (χ3v) is 5.35. The van der Waals surface area contributed by atoms with Crippen molar-refractivity contribution in [3.05, 3.63) is 56.8 Å². The van der Waals surface area contributed by atoms with E-state index in [-0.39, 0.29) is 6.04 Å². The Kier molecular flexibility index (Phi) is 3.95. The first-order valence-corrected chi connectivity index (χ1v) is 8.41. The van der Waals surface area contributed by atoms with Crippen LogP contribution in [0, 0.1) is 5.92 Å². The molecule has 0 saturated heterocycles. The second-order valence-corrected chi connectivity index (χ2v) is 7.44. The molecule has 1 unspecified atom stereocenters. The lowest BCUT2D eigenvalue weighted by Gasteiger charge is -2.13. The molecule has 1 aliphatic rings. The molecule has 0 spiro atoms. The van der Waals surface area contributed by atoms with E-state index in [1.807, 2.05) is 11.3 Å². The SMILES string of the molecule is CC(C)Cc1cccc(C(N)c2cc3c(s2)CCC3)c1. The fourth-order valence-corrected chi connectivity index (χ4v) is 4.34. The highest BCUT2D eigenvalue weighted by atomic mass is 32.1. The number of nitrogens with two attached hydrogens (primary N) is 1. The van der Waals surface area contributed by atoms with Crippen molar-refractivity contribution in [3.8, 4) is 0 Å². The quantitative estimate of drug-likeness (QED) is 0.880. The molecule has 0 saturated carbocycles. The average molecular weight is 285 g/mol. The van der Waals surface area contributed by atoms with Gasteiger partial charge < -0.3 is 5.73 Å². The van der Waals surface area contributed by atoms with Crippen molar-refractivity contribution in [2.45, 2.75) is 45.6 Å². The van der Waals surface area contributed by atoms with Gasteiger partial charge in [-0.3, -0.25) is 0 Å². The van der Waals surface area contributed by atoms with Gasteiger partial charge in [0.05, 0.1) is 6.04 Å². The minimum absolute atomic E-state index is 0.0395. The van der Waals surface area contributed by atoms with Gasteiger partial charge in [-0.25, -0.2) is 0 Å². The summed E-state index contributed by atoms with van der Waals surface area (Å²) in [7, 11) is 0. The van der Waals surface area contributed by atoms with Gasteiger partial charge in [-0.1, -0.05) is 38.1 Å². The third-order valence-electron chi connectivity index (χ3n) is 4.03. The van der Waals surface area contributed by atoms with Crippen molar-refractivity contribution in [2.75, 3.05) is 0 Å². The summed E-state index contributed by atoms with van der Waals surface area (Å²) in [6, 6.07) is 11.2. The largest absolute Gasteiger partial charge is 0.320 e. The molecule has 106 valence electrons. The first-order valence-electron chi connectivity index (χ1n) is 7.59. The summed E-state index contributed by atoms with van der Waals surface area (Å²) in [4.78, 5) is 2.89. The zero-order valence-electron chi connectivity index (χ0n) is 12.4. The molecule has 1 aliphatic carbocycles. The lowest BCUT2D eigenvalue weighted by molar-refractivity contribution is 0.646. The molecule has 20 heavy (non-hydrogen) atoms. The summed E-state index contributed by atoms with van der Waals surface area (Å²) < 4.78 is 0. The zero-order valence-corrected chi connectivity index (χ0v) is 13.2. The van der Waals surface area contributed by atoms with E-state index in [0.717, 1.165) is 6.42 Å². The number of benzene rings is 1. The smallest absolute Gasteiger partial charge is 0.0646 e. The molecular formula is C18H23NS. The van der Waals surface area contributed by atoms with Crippen molar-refractivity contribution in [1.82, 2.24) is 0 Å². The van der Waals surface area contributed by atoms with Crippen LogP contribution in [0.3, 0.4) is 0 Å². The Morgan fingerprint density at radius 1 is 1.20 bits per heavy atom. The van der Waals surface area contributed by atoms with E-state index in [1.54, 1.807) is 10.4 Å². The van der Waals surface area contributed by atoms with Crippen LogP contribution in [0.4, 0.5) is 0 Å². The number of fused-ring (bicyclic) bond motifs is 1. The fraction of sp³-hybridized carbons (Fsp3) is 0.444. The summed E-state index contributed by atoms with van der Waals surface area (Å²) in [6.45, 7) is 4.52. The van der Waals surface area contributed by atoms with Crippen LogP contribution in [0.5, 0.6) is 0 Å². The van der Waals surface area contributed by atoms with Crippen LogP contribution < -0.4 is 5.73 Å². The monoisotopic (exact) mass is 285 g/mol. The minimum Gasteiger partial charge on any atom is -0.320 e. The average Bonchev–Trinajstić information content (AvgIpc) is 2.98. The lowest BCUT2D eigenvalue weighted by Crippen LogP contribution is -2.10. The summed E-state index contributed by atoms with van der Waals surface area (Å²) in [6.07, 6.45) is 4.94. The standard InChI is InChI=1S/C18H23NS/c1-12(2)9-13-5-3-7-15(10-13)18(19)17-11-14-6-4-8-16(14)20-17/h3,5,7,10-12,18H,4,6,8-9,19H2,1-2H3. The molecule has 0 amide bonds. The molecule has 3 rings (SSSR count). The van der Waals surface area contributed by atoms with Crippen molar-refractivity contribution in [3.63, 3.8) is 0 Å². The van der Waals surface area contributed by atoms with Gasteiger partial charge in [0.15, 0.2) is 0 Å². The number of hydrogen-bond donors (Lipinski definition) is 1. The van der Waals surface area contributed by atoms with Crippen molar-refractivity contribution < 1.29 is 0 Å². The topological polar surface area (TPSA) is 26.0 Å². The van der Waals surface area contributed by atoms with Gasteiger partial charge in [0.2, 0.25) is 0 Å². The van der Waals surface area contributed by atoms with Crippen molar-refractivity contribution >= 4 is 11.3 Å². The van der Waals surface area contributed by atoms with Crippen LogP contribution in [-0.4, -0.2) is 0 Å². The van der Waals surface area contributed by atoms with Gasteiger partial charge >= 0.3 is 0 Å². The van der Waals surface area contributed by atoms with Gasteiger partial charge in [-0.2, -0.15) is 0 Å². The number of rotatable bonds is 4. The highest BCUT2D eigenvalue weighted by Gasteiger charge is 2.19. The molecule has 0 aliphatic heterocycles. The van der Waals surface area contributed by atoms with Crippen molar-refractivity contribution in [1.29, 1.82) is 0 Å². The van der Waals surface area contributed by atoms with Crippen LogP contribution in [0.15, 0.2) is 30.3 Å². The first kappa shape index (κ1) is 13.8. The molecule has 1 atom stereocenters. The molecule has 2 N–H and O–H groups in total. The number of thiophene rings is 1. The predicted molar refractivity (Wildman–Crippen MR) is 87.4 cm³/mol. The molecule has 0 fully saturated rings. The minimum atomic E-state index is 0.0395. The summed E-state index contributed by atoms with van der Waals surface area (Å²) in [5, 5.41) is 0. The molecule has 2 aromatic rings. The van der Waals surface area contributed by atoms with E-state index in [4.69, 9.17) is 5.73 Å². The molecule has 1 nitrogen and oxygen atoms in total. The van der Waals surface area contributed by atoms with Crippen molar-refractivity contribution in [2.24, 2.45) is 11.7 Å². The molecule has 1 aromatic carbocycles. The second-order valence-electron chi connectivity index (χ2n) is 6.27.